The lowest BCUT2D eigenvalue weighted by Crippen LogP contribution is -2.45. The van der Waals surface area contributed by atoms with Crippen LogP contribution in [0.15, 0.2) is 0 Å². The van der Waals surface area contributed by atoms with E-state index < -0.39 is 0 Å². The van der Waals surface area contributed by atoms with E-state index in [1.807, 2.05) is 25.7 Å². The molecule has 0 spiro atoms. The van der Waals surface area contributed by atoms with Crippen LogP contribution >= 0.6 is 12.2 Å². The lowest BCUT2D eigenvalue weighted by molar-refractivity contribution is -0.149. The fourth-order valence-corrected chi connectivity index (χ4v) is 1.63. The van der Waals surface area contributed by atoms with Crippen molar-refractivity contribution in [2.75, 3.05) is 13.2 Å². The minimum Gasteiger partial charge on any atom is -0.465 e. The molecule has 0 bridgehead atoms. The monoisotopic (exact) mass is 246 g/mol. The Balaban J connectivity index is 4.39. The third kappa shape index (κ3) is 5.42. The first kappa shape index (κ1) is 15.3. The van der Waals surface area contributed by atoms with E-state index in [0.717, 1.165) is 0 Å². The van der Waals surface area contributed by atoms with Gasteiger partial charge in [-0.3, -0.25) is 9.69 Å². The highest BCUT2D eigenvalue weighted by molar-refractivity contribution is 7.80. The van der Waals surface area contributed by atoms with E-state index in [1.54, 1.807) is 6.92 Å². The van der Waals surface area contributed by atoms with Crippen LogP contribution in [-0.4, -0.2) is 41.1 Å². The maximum atomic E-state index is 11.6. The van der Waals surface area contributed by atoms with Crippen molar-refractivity contribution >= 4 is 23.2 Å². The second-order valence-corrected chi connectivity index (χ2v) is 4.50. The van der Waals surface area contributed by atoms with E-state index in [2.05, 4.69) is 0 Å². The fourth-order valence-electron chi connectivity index (χ4n) is 1.54. The Morgan fingerprint density at radius 1 is 1.44 bits per heavy atom. The summed E-state index contributed by atoms with van der Waals surface area (Å²) in [6.07, 6.45) is 0.622. The van der Waals surface area contributed by atoms with Gasteiger partial charge in [0.1, 0.15) is 6.04 Å². The second kappa shape index (κ2) is 7.57. The molecule has 0 aliphatic rings. The van der Waals surface area contributed by atoms with Gasteiger partial charge in [-0.2, -0.15) is 0 Å². The number of carbonyl (C=O) groups is 1. The number of carbonyl (C=O) groups excluding carboxylic acids is 1. The van der Waals surface area contributed by atoms with Crippen LogP contribution in [0.25, 0.3) is 0 Å². The molecule has 16 heavy (non-hydrogen) atoms. The van der Waals surface area contributed by atoms with Gasteiger partial charge in [-0.1, -0.05) is 12.2 Å². The number of thiocarbonyl (C=S) groups is 1. The van der Waals surface area contributed by atoms with Crippen LogP contribution in [0, 0.1) is 0 Å². The molecular formula is C11H22N2O2S. The van der Waals surface area contributed by atoms with E-state index in [-0.39, 0.29) is 18.1 Å². The number of hydrogen-bond donors (Lipinski definition) is 1. The van der Waals surface area contributed by atoms with E-state index in [0.29, 0.717) is 24.6 Å². The van der Waals surface area contributed by atoms with Crippen molar-refractivity contribution in [3.63, 3.8) is 0 Å². The van der Waals surface area contributed by atoms with Gasteiger partial charge < -0.3 is 10.5 Å². The summed E-state index contributed by atoms with van der Waals surface area (Å²) in [5.41, 5.74) is 5.46. The number of nitrogens with zero attached hydrogens (tertiary/aromatic N) is 1. The Kier molecular flexibility index (Phi) is 7.25. The minimum absolute atomic E-state index is 0.195. The van der Waals surface area contributed by atoms with Crippen molar-refractivity contribution in [2.24, 2.45) is 5.73 Å². The first-order chi connectivity index (χ1) is 7.40. The van der Waals surface area contributed by atoms with Gasteiger partial charge in [-0.15, -0.1) is 0 Å². The third-order valence-electron chi connectivity index (χ3n) is 2.40. The second-order valence-electron chi connectivity index (χ2n) is 3.98. The normalized spacial score (nSPS) is 12.9. The molecule has 5 heteroatoms. The maximum Gasteiger partial charge on any atom is 0.323 e. The average Bonchev–Trinajstić information content (AvgIpc) is 2.17. The van der Waals surface area contributed by atoms with Crippen molar-refractivity contribution in [2.45, 2.75) is 46.2 Å². The maximum absolute atomic E-state index is 11.6. The summed E-state index contributed by atoms with van der Waals surface area (Å²) in [5.74, 6) is -0.195. The summed E-state index contributed by atoms with van der Waals surface area (Å²) >= 11 is 4.84. The molecule has 0 fully saturated rings. The summed E-state index contributed by atoms with van der Waals surface area (Å²) in [6, 6.07) is 0.00283. The van der Waals surface area contributed by atoms with Gasteiger partial charge in [0, 0.05) is 19.0 Å². The molecule has 94 valence electrons. The van der Waals surface area contributed by atoms with Crippen molar-refractivity contribution in [3.05, 3.63) is 0 Å². The molecule has 1 atom stereocenters. The lowest BCUT2D eigenvalue weighted by atomic mass is 10.2. The predicted octanol–water partition coefficient (Wildman–Crippen LogP) is 1.32. The molecule has 0 radical (unpaired) electrons. The van der Waals surface area contributed by atoms with Gasteiger partial charge in [0.05, 0.1) is 11.6 Å². The Morgan fingerprint density at radius 3 is 2.38 bits per heavy atom. The van der Waals surface area contributed by atoms with Crippen LogP contribution in [0.1, 0.15) is 34.1 Å². The highest BCUT2D eigenvalue weighted by Gasteiger charge is 2.24. The largest absolute Gasteiger partial charge is 0.465 e. The molecule has 0 aliphatic heterocycles. The van der Waals surface area contributed by atoms with Crippen molar-refractivity contribution in [1.82, 2.24) is 4.90 Å². The molecule has 0 saturated heterocycles. The zero-order valence-electron chi connectivity index (χ0n) is 10.5. The van der Waals surface area contributed by atoms with Crippen LogP contribution in [0.3, 0.4) is 0 Å². The molecule has 0 rings (SSSR count). The molecule has 0 aromatic carbocycles. The Hall–Kier alpha value is -0.680. The number of nitrogens with two attached hydrogens (primary N) is 1. The molecular weight excluding hydrogens is 224 g/mol. The van der Waals surface area contributed by atoms with Gasteiger partial charge in [0.15, 0.2) is 0 Å². The van der Waals surface area contributed by atoms with Gasteiger partial charge in [-0.25, -0.2) is 0 Å². The zero-order valence-corrected chi connectivity index (χ0v) is 11.3. The Morgan fingerprint density at radius 2 is 2.00 bits per heavy atom. The minimum atomic E-state index is -0.255. The molecule has 0 saturated carbocycles. The third-order valence-corrected chi connectivity index (χ3v) is 2.61. The summed E-state index contributed by atoms with van der Waals surface area (Å²) < 4.78 is 5.00. The lowest BCUT2D eigenvalue weighted by Gasteiger charge is -2.30. The van der Waals surface area contributed by atoms with E-state index in [9.17, 15) is 4.79 Å². The quantitative estimate of drug-likeness (QED) is 0.542. The number of hydrogen-bond acceptors (Lipinski definition) is 4. The first-order valence-electron chi connectivity index (χ1n) is 5.60. The van der Waals surface area contributed by atoms with Crippen LogP contribution in [0.5, 0.6) is 0 Å². The van der Waals surface area contributed by atoms with Crippen LogP contribution in [0.2, 0.25) is 0 Å². The number of esters is 1. The molecule has 0 amide bonds. The SMILES string of the molecule is CCOC(=O)C(C)N(CCC(N)=S)C(C)C. The first-order valence-corrected chi connectivity index (χ1v) is 6.01. The molecule has 2 N–H and O–H groups in total. The molecule has 0 aromatic rings. The van der Waals surface area contributed by atoms with E-state index in [1.165, 1.54) is 0 Å². The van der Waals surface area contributed by atoms with Gasteiger partial charge >= 0.3 is 5.97 Å². The van der Waals surface area contributed by atoms with Crippen LogP contribution in [-0.2, 0) is 9.53 Å². The summed E-state index contributed by atoms with van der Waals surface area (Å²) in [6.45, 7) is 8.82. The van der Waals surface area contributed by atoms with Crippen molar-refractivity contribution in [1.29, 1.82) is 0 Å². The topological polar surface area (TPSA) is 55.6 Å². The summed E-state index contributed by atoms with van der Waals surface area (Å²) in [7, 11) is 0. The van der Waals surface area contributed by atoms with E-state index >= 15 is 0 Å². The van der Waals surface area contributed by atoms with Crippen molar-refractivity contribution in [3.8, 4) is 0 Å². The molecule has 0 aliphatic carbocycles. The Labute approximate surface area is 103 Å². The van der Waals surface area contributed by atoms with E-state index in [4.69, 9.17) is 22.7 Å². The fraction of sp³-hybridized carbons (Fsp3) is 0.818. The number of ether oxygens (including phenoxy) is 1. The smallest absolute Gasteiger partial charge is 0.323 e. The summed E-state index contributed by atoms with van der Waals surface area (Å²) in [4.78, 5) is 14.1. The standard InChI is InChI=1S/C11H22N2O2S/c1-5-15-11(14)9(4)13(8(2)3)7-6-10(12)16/h8-9H,5-7H2,1-4H3,(H2,12,16). The Bertz CT molecular complexity index is 244. The zero-order chi connectivity index (χ0) is 12.7. The number of rotatable bonds is 7. The highest BCUT2D eigenvalue weighted by Crippen LogP contribution is 2.08. The molecule has 0 heterocycles. The average molecular weight is 246 g/mol. The molecule has 4 nitrogen and oxygen atoms in total. The summed E-state index contributed by atoms with van der Waals surface area (Å²) in [5, 5.41) is 0. The van der Waals surface area contributed by atoms with Crippen LogP contribution in [0.4, 0.5) is 0 Å². The van der Waals surface area contributed by atoms with Gasteiger partial charge in [-0.05, 0) is 27.7 Å². The van der Waals surface area contributed by atoms with Crippen molar-refractivity contribution < 1.29 is 9.53 Å². The van der Waals surface area contributed by atoms with Gasteiger partial charge in [0.2, 0.25) is 0 Å². The van der Waals surface area contributed by atoms with Gasteiger partial charge in [0.25, 0.3) is 0 Å². The molecule has 1 unspecified atom stereocenters. The van der Waals surface area contributed by atoms with Crippen LogP contribution < -0.4 is 5.73 Å². The highest BCUT2D eigenvalue weighted by atomic mass is 32.1. The predicted molar refractivity (Wildman–Crippen MR) is 69.3 cm³/mol. The molecule has 0 aromatic heterocycles.